The van der Waals surface area contributed by atoms with Crippen LogP contribution in [0.5, 0.6) is 0 Å². The molecule has 10 heteroatoms. The molecule has 0 saturated carbocycles. The molecule has 0 saturated heterocycles. The molecule has 29 heavy (non-hydrogen) atoms. The Morgan fingerprint density at radius 2 is 1.41 bits per heavy atom. The number of carbonyl (C=O) groups is 2. The monoisotopic (exact) mass is 398 g/mol. The molecular formula is C19H22N6O4. The van der Waals surface area contributed by atoms with E-state index in [-0.39, 0.29) is 12.1 Å². The second-order valence-electron chi connectivity index (χ2n) is 6.52. The Balaban J connectivity index is 1.58. The minimum atomic E-state index is -0.403. The standard InChI is InChI=1S/C19H22N6O4/c1-11-4-5-14(22-18(26)20-12(2)15-6-8-28-24-15)10-17(11)23-19(27)21-13(3)16-7-9-29-25-16/h4-10,12-13H,1-3H3,(H2,20,22,26)(H2,21,23,27)/t12-,13-/m0/s1. The van der Waals surface area contributed by atoms with Gasteiger partial charge in [-0.05, 0) is 38.5 Å². The molecule has 0 spiro atoms. The topological polar surface area (TPSA) is 134 Å². The molecule has 4 N–H and O–H groups in total. The molecule has 4 amide bonds. The molecule has 2 heterocycles. The number of nitrogens with one attached hydrogen (secondary N) is 4. The van der Waals surface area contributed by atoms with Gasteiger partial charge in [-0.1, -0.05) is 16.4 Å². The van der Waals surface area contributed by atoms with E-state index in [1.54, 1.807) is 44.2 Å². The molecule has 152 valence electrons. The lowest BCUT2D eigenvalue weighted by Gasteiger charge is -2.16. The summed E-state index contributed by atoms with van der Waals surface area (Å²) in [6, 6.07) is 7.14. The normalized spacial score (nSPS) is 12.7. The molecule has 2 atom stereocenters. The summed E-state index contributed by atoms with van der Waals surface area (Å²) in [6.45, 7) is 5.44. The summed E-state index contributed by atoms with van der Waals surface area (Å²) in [5, 5.41) is 18.6. The molecule has 10 nitrogen and oxygen atoms in total. The number of aromatic nitrogens is 2. The van der Waals surface area contributed by atoms with Gasteiger partial charge in [0.2, 0.25) is 0 Å². The number of benzene rings is 1. The van der Waals surface area contributed by atoms with Crippen LogP contribution in [-0.4, -0.2) is 22.4 Å². The maximum atomic E-state index is 12.3. The van der Waals surface area contributed by atoms with Crippen LogP contribution in [0.3, 0.4) is 0 Å². The largest absolute Gasteiger partial charge is 0.364 e. The maximum Gasteiger partial charge on any atom is 0.319 e. The van der Waals surface area contributed by atoms with E-state index in [0.717, 1.165) is 5.56 Å². The number of hydrogen-bond acceptors (Lipinski definition) is 6. The summed E-state index contributed by atoms with van der Waals surface area (Å²) in [5.74, 6) is 0. The fourth-order valence-electron chi connectivity index (χ4n) is 2.59. The highest BCUT2D eigenvalue weighted by Crippen LogP contribution is 2.21. The van der Waals surface area contributed by atoms with E-state index in [2.05, 4.69) is 31.6 Å². The van der Waals surface area contributed by atoms with Crippen LogP contribution in [-0.2, 0) is 0 Å². The van der Waals surface area contributed by atoms with Crippen LogP contribution in [0, 0.1) is 6.92 Å². The molecule has 0 bridgehead atoms. The molecule has 0 fully saturated rings. The highest BCUT2D eigenvalue weighted by molar-refractivity contribution is 5.93. The van der Waals surface area contributed by atoms with E-state index in [1.807, 2.05) is 6.92 Å². The lowest BCUT2D eigenvalue weighted by Crippen LogP contribution is -2.32. The lowest BCUT2D eigenvalue weighted by atomic mass is 10.2. The first-order valence-corrected chi connectivity index (χ1v) is 8.98. The van der Waals surface area contributed by atoms with E-state index in [0.29, 0.717) is 22.8 Å². The summed E-state index contributed by atoms with van der Waals surface area (Å²) in [7, 11) is 0. The van der Waals surface area contributed by atoms with Gasteiger partial charge in [0.25, 0.3) is 0 Å². The van der Waals surface area contributed by atoms with Gasteiger partial charge in [0.1, 0.15) is 23.9 Å². The molecule has 0 aliphatic carbocycles. The zero-order valence-electron chi connectivity index (χ0n) is 16.2. The van der Waals surface area contributed by atoms with Crippen molar-refractivity contribution in [2.45, 2.75) is 32.9 Å². The number of amides is 4. The SMILES string of the molecule is Cc1ccc(NC(=O)N[C@@H](C)c2ccon2)cc1NC(=O)N[C@@H](C)c1ccon1. The number of aryl methyl sites for hydroxylation is 1. The quantitative estimate of drug-likeness (QED) is 0.500. The fourth-order valence-corrected chi connectivity index (χ4v) is 2.59. The van der Waals surface area contributed by atoms with E-state index in [1.165, 1.54) is 12.5 Å². The summed E-state index contributed by atoms with van der Waals surface area (Å²) in [4.78, 5) is 24.5. The molecule has 0 radical (unpaired) electrons. The van der Waals surface area contributed by atoms with Gasteiger partial charge in [-0.3, -0.25) is 0 Å². The number of rotatable bonds is 6. The van der Waals surface area contributed by atoms with Crippen molar-refractivity contribution in [1.29, 1.82) is 0 Å². The molecule has 0 unspecified atom stereocenters. The number of anilines is 2. The van der Waals surface area contributed by atoms with Gasteiger partial charge in [0.15, 0.2) is 0 Å². The number of urea groups is 2. The predicted molar refractivity (Wildman–Crippen MR) is 105 cm³/mol. The third-order valence-electron chi connectivity index (χ3n) is 4.24. The zero-order valence-corrected chi connectivity index (χ0v) is 16.2. The molecule has 0 aliphatic rings. The van der Waals surface area contributed by atoms with Crippen molar-refractivity contribution < 1.29 is 18.6 Å². The van der Waals surface area contributed by atoms with Crippen molar-refractivity contribution in [3.63, 3.8) is 0 Å². The van der Waals surface area contributed by atoms with Gasteiger partial charge in [0.05, 0.1) is 12.1 Å². The number of carbonyl (C=O) groups excluding carboxylic acids is 2. The smallest absolute Gasteiger partial charge is 0.319 e. The maximum absolute atomic E-state index is 12.3. The second kappa shape index (κ2) is 8.91. The Kier molecular flexibility index (Phi) is 6.12. The van der Waals surface area contributed by atoms with Crippen LogP contribution in [0.1, 0.15) is 42.9 Å². The van der Waals surface area contributed by atoms with Crippen molar-refractivity contribution >= 4 is 23.4 Å². The van der Waals surface area contributed by atoms with Crippen LogP contribution in [0.15, 0.2) is 51.9 Å². The van der Waals surface area contributed by atoms with Gasteiger partial charge in [-0.25, -0.2) is 9.59 Å². The minimum absolute atomic E-state index is 0.319. The predicted octanol–water partition coefficient (Wildman–Crippen LogP) is 3.74. The van der Waals surface area contributed by atoms with Crippen molar-refractivity contribution in [3.05, 3.63) is 59.8 Å². The average Bonchev–Trinajstić information content (AvgIpc) is 3.38. The lowest BCUT2D eigenvalue weighted by molar-refractivity contribution is 0.248. The molecule has 1 aromatic carbocycles. The molecule has 0 aliphatic heterocycles. The van der Waals surface area contributed by atoms with Gasteiger partial charge < -0.3 is 30.3 Å². The van der Waals surface area contributed by atoms with Crippen LogP contribution < -0.4 is 21.3 Å². The molecule has 2 aromatic heterocycles. The van der Waals surface area contributed by atoms with E-state index < -0.39 is 12.1 Å². The summed E-state index contributed by atoms with van der Waals surface area (Å²) in [5.41, 5.74) is 3.17. The minimum Gasteiger partial charge on any atom is -0.364 e. The van der Waals surface area contributed by atoms with Crippen molar-refractivity contribution in [2.75, 3.05) is 10.6 Å². The first-order valence-electron chi connectivity index (χ1n) is 8.98. The van der Waals surface area contributed by atoms with Crippen molar-refractivity contribution in [3.8, 4) is 0 Å². The van der Waals surface area contributed by atoms with Crippen molar-refractivity contribution in [2.24, 2.45) is 0 Å². The number of hydrogen-bond donors (Lipinski definition) is 4. The first-order chi connectivity index (χ1) is 13.9. The second-order valence-corrected chi connectivity index (χ2v) is 6.52. The van der Waals surface area contributed by atoms with Crippen LogP contribution >= 0.6 is 0 Å². The Hall–Kier alpha value is -3.82. The molecular weight excluding hydrogens is 376 g/mol. The Labute approximate surface area is 167 Å². The first kappa shape index (κ1) is 19.9. The third-order valence-corrected chi connectivity index (χ3v) is 4.24. The fraction of sp³-hybridized carbons (Fsp3) is 0.263. The summed E-state index contributed by atoms with van der Waals surface area (Å²) < 4.78 is 9.56. The van der Waals surface area contributed by atoms with E-state index in [4.69, 9.17) is 9.05 Å². The Morgan fingerprint density at radius 3 is 1.93 bits per heavy atom. The highest BCUT2D eigenvalue weighted by atomic mass is 16.5. The van der Waals surface area contributed by atoms with E-state index in [9.17, 15) is 9.59 Å². The highest BCUT2D eigenvalue weighted by Gasteiger charge is 2.15. The zero-order chi connectivity index (χ0) is 20.8. The van der Waals surface area contributed by atoms with E-state index >= 15 is 0 Å². The number of nitrogens with zero attached hydrogens (tertiary/aromatic N) is 2. The summed E-state index contributed by atoms with van der Waals surface area (Å²) >= 11 is 0. The van der Waals surface area contributed by atoms with Gasteiger partial charge in [-0.2, -0.15) is 0 Å². The van der Waals surface area contributed by atoms with Crippen LogP contribution in [0.25, 0.3) is 0 Å². The molecule has 3 aromatic rings. The Morgan fingerprint density at radius 1 is 0.862 bits per heavy atom. The average molecular weight is 398 g/mol. The molecule has 3 rings (SSSR count). The van der Waals surface area contributed by atoms with Gasteiger partial charge in [0, 0.05) is 23.5 Å². The van der Waals surface area contributed by atoms with Crippen LogP contribution in [0.4, 0.5) is 21.0 Å². The van der Waals surface area contributed by atoms with Crippen LogP contribution in [0.2, 0.25) is 0 Å². The third kappa shape index (κ3) is 5.34. The van der Waals surface area contributed by atoms with Crippen molar-refractivity contribution in [1.82, 2.24) is 20.9 Å². The van der Waals surface area contributed by atoms with Gasteiger partial charge >= 0.3 is 12.1 Å². The van der Waals surface area contributed by atoms with Gasteiger partial charge in [-0.15, -0.1) is 0 Å². The Bertz CT molecular complexity index is 955. The summed E-state index contributed by atoms with van der Waals surface area (Å²) in [6.07, 6.45) is 2.89.